The maximum Gasteiger partial charge on any atom is 0.315 e. The van der Waals surface area contributed by atoms with E-state index in [9.17, 15) is 4.79 Å². The first-order valence-electron chi connectivity index (χ1n) is 8.02. The van der Waals surface area contributed by atoms with Crippen molar-refractivity contribution in [2.45, 2.75) is 44.3 Å². The molecule has 2 amide bonds. The minimum Gasteiger partial charge on any atom is -0.335 e. The average Bonchev–Trinajstić information content (AvgIpc) is 2.38. The molecule has 3 rings (SSSR count). The Labute approximate surface area is 147 Å². The van der Waals surface area contributed by atoms with E-state index in [0.717, 1.165) is 24.4 Å². The lowest BCUT2D eigenvalue weighted by Crippen LogP contribution is -2.61. The van der Waals surface area contributed by atoms with E-state index in [1.165, 1.54) is 12.8 Å². The number of carbonyl (C=O) groups excluding carboxylic acids is 1. The van der Waals surface area contributed by atoms with Crippen LogP contribution >= 0.6 is 23.2 Å². The topological polar surface area (TPSA) is 44.4 Å². The number of hydrogen-bond acceptors (Lipinski definition) is 2. The van der Waals surface area contributed by atoms with Crippen LogP contribution < -0.4 is 10.6 Å². The molecule has 0 heterocycles. The van der Waals surface area contributed by atoms with Gasteiger partial charge < -0.3 is 15.5 Å². The second kappa shape index (κ2) is 6.50. The molecule has 0 aliphatic heterocycles. The monoisotopic (exact) mass is 355 g/mol. The second-order valence-corrected chi connectivity index (χ2v) is 8.04. The van der Waals surface area contributed by atoms with Gasteiger partial charge in [-0.15, -0.1) is 0 Å². The molecule has 0 saturated heterocycles. The Morgan fingerprint density at radius 1 is 1.26 bits per heavy atom. The van der Waals surface area contributed by atoms with Gasteiger partial charge in [-0.25, -0.2) is 4.79 Å². The zero-order valence-electron chi connectivity index (χ0n) is 13.5. The third kappa shape index (κ3) is 3.76. The summed E-state index contributed by atoms with van der Waals surface area (Å²) in [5.41, 5.74) is 1.36. The zero-order chi connectivity index (χ0) is 16.6. The van der Waals surface area contributed by atoms with E-state index in [4.69, 9.17) is 23.2 Å². The predicted octanol–water partition coefficient (Wildman–Crippen LogP) is 3.67. The van der Waals surface area contributed by atoms with E-state index in [-0.39, 0.29) is 6.03 Å². The molecule has 2 aliphatic rings. The highest BCUT2D eigenvalue weighted by Crippen LogP contribution is 2.56. The van der Waals surface area contributed by atoms with Crippen molar-refractivity contribution in [3.05, 3.63) is 33.8 Å². The van der Waals surface area contributed by atoms with Crippen molar-refractivity contribution in [2.75, 3.05) is 14.1 Å². The van der Waals surface area contributed by atoms with E-state index in [1.54, 1.807) is 12.1 Å². The summed E-state index contributed by atoms with van der Waals surface area (Å²) in [4.78, 5) is 14.3. The zero-order valence-corrected chi connectivity index (χ0v) is 15.0. The Hall–Kier alpha value is -0.970. The number of hydrogen-bond donors (Lipinski definition) is 2. The number of carbonyl (C=O) groups is 1. The summed E-state index contributed by atoms with van der Waals surface area (Å²) in [5.74, 6) is 0. The maximum atomic E-state index is 12.0. The molecule has 0 aromatic heterocycles. The molecule has 0 radical (unpaired) electrons. The van der Waals surface area contributed by atoms with Crippen LogP contribution in [0.5, 0.6) is 0 Å². The highest BCUT2D eigenvalue weighted by atomic mass is 35.5. The summed E-state index contributed by atoms with van der Waals surface area (Å²) in [6.45, 7) is 0.405. The van der Waals surface area contributed by atoms with E-state index >= 15 is 0 Å². The van der Waals surface area contributed by atoms with Crippen molar-refractivity contribution in [1.82, 2.24) is 15.5 Å². The molecule has 2 N–H and O–H groups in total. The molecule has 126 valence electrons. The summed E-state index contributed by atoms with van der Waals surface area (Å²) >= 11 is 12.0. The molecule has 0 bridgehead atoms. The first-order valence-corrected chi connectivity index (χ1v) is 8.77. The van der Waals surface area contributed by atoms with Gasteiger partial charge in [0.05, 0.1) is 0 Å². The lowest BCUT2D eigenvalue weighted by molar-refractivity contribution is -0.0572. The van der Waals surface area contributed by atoms with Crippen molar-refractivity contribution in [2.24, 2.45) is 5.41 Å². The Morgan fingerprint density at radius 2 is 1.96 bits per heavy atom. The third-order valence-electron chi connectivity index (χ3n) is 5.22. The van der Waals surface area contributed by atoms with Gasteiger partial charge in [0.25, 0.3) is 0 Å². The van der Waals surface area contributed by atoms with Crippen LogP contribution in [0, 0.1) is 5.41 Å². The summed E-state index contributed by atoms with van der Waals surface area (Å²) in [5, 5.41) is 7.09. The predicted molar refractivity (Wildman–Crippen MR) is 94.0 cm³/mol. The van der Waals surface area contributed by atoms with Gasteiger partial charge in [-0.2, -0.15) is 0 Å². The molecule has 1 spiro atoms. The maximum absolute atomic E-state index is 12.0. The lowest BCUT2D eigenvalue weighted by atomic mass is 9.52. The van der Waals surface area contributed by atoms with E-state index < -0.39 is 0 Å². The first kappa shape index (κ1) is 16.9. The minimum atomic E-state index is -0.126. The van der Waals surface area contributed by atoms with Crippen molar-refractivity contribution < 1.29 is 4.79 Å². The van der Waals surface area contributed by atoms with Crippen LogP contribution in [0.3, 0.4) is 0 Å². The van der Waals surface area contributed by atoms with Gasteiger partial charge in [0, 0.05) is 28.7 Å². The smallest absolute Gasteiger partial charge is 0.315 e. The summed E-state index contributed by atoms with van der Waals surface area (Å²) in [6, 6.07) is 6.19. The summed E-state index contributed by atoms with van der Waals surface area (Å²) in [6.07, 6.45) is 4.74. The molecule has 2 aliphatic carbocycles. The third-order valence-corrected chi connectivity index (χ3v) is 5.80. The molecular formula is C17H23Cl2N3O. The molecule has 1 aromatic rings. The molecule has 4 nitrogen and oxygen atoms in total. The van der Waals surface area contributed by atoms with Crippen LogP contribution in [0.25, 0.3) is 0 Å². The first-order chi connectivity index (χ1) is 10.9. The molecule has 0 atom stereocenters. The van der Waals surface area contributed by atoms with Crippen molar-refractivity contribution in [3.63, 3.8) is 0 Å². The van der Waals surface area contributed by atoms with Crippen LogP contribution in [0.1, 0.15) is 31.2 Å². The van der Waals surface area contributed by atoms with Crippen LogP contribution in [0.15, 0.2) is 18.2 Å². The van der Waals surface area contributed by atoms with Crippen LogP contribution in [0.2, 0.25) is 10.0 Å². The number of urea groups is 1. The number of benzene rings is 1. The summed E-state index contributed by atoms with van der Waals surface area (Å²) in [7, 11) is 4.28. The standard InChI is InChI=1S/C17H23Cl2N3O/c1-22(2)14-8-17(9-14)6-13(7-17)21-16(23)20-10-11-3-4-12(18)5-15(11)19/h3-5,13-14H,6-10H2,1-2H3,(H2,20,21,23). The molecule has 0 unspecified atom stereocenters. The van der Waals surface area contributed by atoms with Crippen LogP contribution in [0.4, 0.5) is 4.79 Å². The van der Waals surface area contributed by atoms with Crippen LogP contribution in [-0.2, 0) is 6.54 Å². The van der Waals surface area contributed by atoms with Crippen molar-refractivity contribution in [3.8, 4) is 0 Å². The quantitative estimate of drug-likeness (QED) is 0.865. The van der Waals surface area contributed by atoms with Gasteiger partial charge in [-0.3, -0.25) is 0 Å². The highest BCUT2D eigenvalue weighted by molar-refractivity contribution is 6.35. The van der Waals surface area contributed by atoms with Gasteiger partial charge in [0.2, 0.25) is 0 Å². The van der Waals surface area contributed by atoms with Crippen LogP contribution in [-0.4, -0.2) is 37.1 Å². The van der Waals surface area contributed by atoms with Crippen molar-refractivity contribution in [1.29, 1.82) is 0 Å². The lowest BCUT2D eigenvalue weighted by Gasteiger charge is -2.59. The van der Waals surface area contributed by atoms with Gasteiger partial charge in [-0.1, -0.05) is 29.3 Å². The Kier molecular flexibility index (Phi) is 4.77. The highest BCUT2D eigenvalue weighted by Gasteiger charge is 2.53. The fraction of sp³-hybridized carbons (Fsp3) is 0.588. The minimum absolute atomic E-state index is 0.126. The Bertz CT molecular complexity index is 592. The van der Waals surface area contributed by atoms with Crippen molar-refractivity contribution >= 4 is 29.2 Å². The number of halogens is 2. The normalized spacial score (nSPS) is 29.1. The Balaban J connectivity index is 1.38. The summed E-state index contributed by atoms with van der Waals surface area (Å²) < 4.78 is 0. The number of nitrogens with one attached hydrogen (secondary N) is 2. The van der Waals surface area contributed by atoms with Gasteiger partial charge >= 0.3 is 6.03 Å². The molecule has 1 aromatic carbocycles. The fourth-order valence-corrected chi connectivity index (χ4v) is 4.28. The van der Waals surface area contributed by atoms with E-state index in [1.807, 2.05) is 6.07 Å². The molecule has 23 heavy (non-hydrogen) atoms. The largest absolute Gasteiger partial charge is 0.335 e. The number of rotatable bonds is 4. The molecule has 6 heteroatoms. The van der Waals surface area contributed by atoms with E-state index in [2.05, 4.69) is 29.6 Å². The number of amides is 2. The Morgan fingerprint density at radius 3 is 2.57 bits per heavy atom. The SMILES string of the molecule is CN(C)C1CC2(CC(NC(=O)NCc3ccc(Cl)cc3Cl)C2)C1. The second-order valence-electron chi connectivity index (χ2n) is 7.19. The average molecular weight is 356 g/mol. The molecule has 2 saturated carbocycles. The van der Waals surface area contributed by atoms with Gasteiger partial charge in [-0.05, 0) is 62.9 Å². The number of nitrogens with zero attached hydrogens (tertiary/aromatic N) is 1. The van der Waals surface area contributed by atoms with E-state index in [0.29, 0.717) is 28.0 Å². The van der Waals surface area contributed by atoms with Gasteiger partial charge in [0.15, 0.2) is 0 Å². The van der Waals surface area contributed by atoms with Gasteiger partial charge in [0.1, 0.15) is 0 Å². The molecular weight excluding hydrogens is 333 g/mol. The fourth-order valence-electron chi connectivity index (χ4n) is 3.80. The molecule has 2 fully saturated rings.